The number of rotatable bonds is 3. The van der Waals surface area contributed by atoms with Gasteiger partial charge in [-0.15, -0.1) is 0 Å². The molecule has 2 amide bonds. The average molecular weight is 252 g/mol. The molecule has 6 heteroatoms. The molecule has 0 bridgehead atoms. The van der Waals surface area contributed by atoms with Crippen LogP contribution in [0.5, 0.6) is 0 Å². The number of nitrogens with one attached hydrogen (secondary N) is 1. The van der Waals surface area contributed by atoms with Crippen molar-refractivity contribution in [2.24, 2.45) is 0 Å². The van der Waals surface area contributed by atoms with Gasteiger partial charge in [-0.3, -0.25) is 0 Å². The molecule has 0 spiro atoms. The van der Waals surface area contributed by atoms with Gasteiger partial charge in [0.1, 0.15) is 17.6 Å². The standard InChI is InChI=1S/C12H16N2O4/c1-8-4-5-9(18-8)7-13-12(17)14-6-2-3-10(14)11(15)16/h4-5,10H,2-3,6-7H2,1H3,(H,13,17)(H,15,16). The van der Waals surface area contributed by atoms with E-state index < -0.39 is 12.0 Å². The molecule has 18 heavy (non-hydrogen) atoms. The van der Waals surface area contributed by atoms with Gasteiger partial charge < -0.3 is 19.7 Å². The SMILES string of the molecule is Cc1ccc(CNC(=O)N2CCCC2C(=O)O)o1. The van der Waals surface area contributed by atoms with E-state index in [-0.39, 0.29) is 12.6 Å². The highest BCUT2D eigenvalue weighted by Crippen LogP contribution is 2.17. The van der Waals surface area contributed by atoms with Crippen LogP contribution in [0.3, 0.4) is 0 Å². The third kappa shape index (κ3) is 2.64. The summed E-state index contributed by atoms with van der Waals surface area (Å²) >= 11 is 0. The lowest BCUT2D eigenvalue weighted by atomic mass is 10.2. The molecule has 1 aliphatic heterocycles. The number of nitrogens with zero attached hydrogens (tertiary/aromatic N) is 1. The fourth-order valence-corrected chi connectivity index (χ4v) is 2.11. The van der Waals surface area contributed by atoms with Gasteiger partial charge in [0.05, 0.1) is 6.54 Å². The topological polar surface area (TPSA) is 82.8 Å². The van der Waals surface area contributed by atoms with E-state index in [0.717, 1.165) is 12.2 Å². The smallest absolute Gasteiger partial charge is 0.326 e. The number of amides is 2. The van der Waals surface area contributed by atoms with E-state index in [1.807, 2.05) is 13.0 Å². The Kier molecular flexibility index (Phi) is 3.55. The average Bonchev–Trinajstić information content (AvgIpc) is 2.94. The van der Waals surface area contributed by atoms with E-state index >= 15 is 0 Å². The van der Waals surface area contributed by atoms with Crippen molar-refractivity contribution >= 4 is 12.0 Å². The summed E-state index contributed by atoms with van der Waals surface area (Å²) in [6.07, 6.45) is 1.24. The van der Waals surface area contributed by atoms with Crippen molar-refractivity contribution in [3.05, 3.63) is 23.7 Å². The number of carbonyl (C=O) groups excluding carboxylic acids is 1. The summed E-state index contributed by atoms with van der Waals surface area (Å²) in [6, 6.07) is 2.54. The van der Waals surface area contributed by atoms with Crippen LogP contribution >= 0.6 is 0 Å². The van der Waals surface area contributed by atoms with Gasteiger partial charge in [0.25, 0.3) is 0 Å². The third-order valence-corrected chi connectivity index (χ3v) is 3.01. The maximum absolute atomic E-state index is 11.9. The van der Waals surface area contributed by atoms with Gasteiger partial charge in [0.2, 0.25) is 0 Å². The molecular formula is C12H16N2O4. The molecule has 6 nitrogen and oxygen atoms in total. The predicted octanol–water partition coefficient (Wildman–Crippen LogP) is 1.35. The van der Waals surface area contributed by atoms with Crippen LogP contribution in [0.2, 0.25) is 0 Å². The Hall–Kier alpha value is -1.98. The fourth-order valence-electron chi connectivity index (χ4n) is 2.11. The van der Waals surface area contributed by atoms with E-state index in [2.05, 4.69) is 5.32 Å². The number of carboxylic acid groups (broad SMARTS) is 1. The molecule has 2 N–H and O–H groups in total. The van der Waals surface area contributed by atoms with Crippen LogP contribution in [-0.4, -0.2) is 34.6 Å². The highest BCUT2D eigenvalue weighted by atomic mass is 16.4. The second-order valence-electron chi connectivity index (χ2n) is 4.36. The highest BCUT2D eigenvalue weighted by Gasteiger charge is 2.33. The van der Waals surface area contributed by atoms with E-state index in [1.165, 1.54) is 4.90 Å². The Balaban J connectivity index is 1.89. The summed E-state index contributed by atoms with van der Waals surface area (Å²) in [7, 11) is 0. The van der Waals surface area contributed by atoms with Crippen molar-refractivity contribution < 1.29 is 19.1 Å². The minimum atomic E-state index is -0.948. The first kappa shape index (κ1) is 12.5. The van der Waals surface area contributed by atoms with Crippen LogP contribution in [0.4, 0.5) is 4.79 Å². The first-order valence-corrected chi connectivity index (χ1v) is 5.90. The molecule has 0 saturated carbocycles. The first-order chi connectivity index (χ1) is 8.58. The van der Waals surface area contributed by atoms with Crippen molar-refractivity contribution in [2.75, 3.05) is 6.54 Å². The molecule has 1 unspecified atom stereocenters. The summed E-state index contributed by atoms with van der Waals surface area (Å²) in [6.45, 7) is 2.59. The zero-order chi connectivity index (χ0) is 13.1. The second-order valence-corrected chi connectivity index (χ2v) is 4.36. The summed E-state index contributed by atoms with van der Waals surface area (Å²) < 4.78 is 5.32. The van der Waals surface area contributed by atoms with E-state index in [1.54, 1.807) is 6.07 Å². The lowest BCUT2D eigenvalue weighted by Gasteiger charge is -2.21. The van der Waals surface area contributed by atoms with Gasteiger partial charge in [0.15, 0.2) is 0 Å². The second kappa shape index (κ2) is 5.12. The minimum absolute atomic E-state index is 0.273. The van der Waals surface area contributed by atoms with Crippen molar-refractivity contribution in [3.63, 3.8) is 0 Å². The number of aliphatic carboxylic acids is 1. The number of carbonyl (C=O) groups is 2. The number of hydrogen-bond acceptors (Lipinski definition) is 3. The number of aryl methyl sites for hydroxylation is 1. The van der Waals surface area contributed by atoms with Crippen LogP contribution in [0.25, 0.3) is 0 Å². The maximum Gasteiger partial charge on any atom is 0.326 e. The minimum Gasteiger partial charge on any atom is -0.480 e. The zero-order valence-electron chi connectivity index (χ0n) is 10.2. The molecular weight excluding hydrogens is 236 g/mol. The Morgan fingerprint density at radius 3 is 2.94 bits per heavy atom. The molecule has 1 saturated heterocycles. The van der Waals surface area contributed by atoms with Crippen molar-refractivity contribution in [3.8, 4) is 0 Å². The summed E-state index contributed by atoms with van der Waals surface area (Å²) in [5.74, 6) is 0.493. The van der Waals surface area contributed by atoms with Crippen molar-refractivity contribution in [2.45, 2.75) is 32.4 Å². The lowest BCUT2D eigenvalue weighted by molar-refractivity contribution is -0.141. The van der Waals surface area contributed by atoms with Gasteiger partial charge in [-0.2, -0.15) is 0 Å². The number of furan rings is 1. The normalized spacial score (nSPS) is 18.9. The molecule has 0 aliphatic carbocycles. The fraction of sp³-hybridized carbons (Fsp3) is 0.500. The van der Waals surface area contributed by atoms with Crippen LogP contribution in [0.1, 0.15) is 24.4 Å². The molecule has 1 aliphatic rings. The summed E-state index contributed by atoms with van der Waals surface area (Å²) in [5, 5.41) is 11.6. The van der Waals surface area contributed by atoms with Gasteiger partial charge >= 0.3 is 12.0 Å². The molecule has 1 aromatic rings. The van der Waals surface area contributed by atoms with Crippen molar-refractivity contribution in [1.82, 2.24) is 10.2 Å². The molecule has 0 aromatic carbocycles. The molecule has 2 rings (SSSR count). The predicted molar refractivity (Wildman–Crippen MR) is 63.0 cm³/mol. The summed E-state index contributed by atoms with van der Waals surface area (Å²) in [5.41, 5.74) is 0. The Labute approximate surface area is 105 Å². The van der Waals surface area contributed by atoms with Crippen LogP contribution in [0.15, 0.2) is 16.5 Å². The van der Waals surface area contributed by atoms with Crippen molar-refractivity contribution in [1.29, 1.82) is 0 Å². The molecule has 1 atom stereocenters. The molecule has 2 heterocycles. The Bertz CT molecular complexity index is 455. The highest BCUT2D eigenvalue weighted by molar-refractivity contribution is 5.83. The number of hydrogen-bond donors (Lipinski definition) is 2. The van der Waals surface area contributed by atoms with E-state index in [4.69, 9.17) is 9.52 Å². The van der Waals surface area contributed by atoms with E-state index in [9.17, 15) is 9.59 Å². The molecule has 1 fully saturated rings. The lowest BCUT2D eigenvalue weighted by Crippen LogP contribution is -2.45. The molecule has 98 valence electrons. The number of likely N-dealkylation sites (tertiary alicyclic amines) is 1. The number of carboxylic acids is 1. The van der Waals surface area contributed by atoms with E-state index in [0.29, 0.717) is 18.7 Å². The quantitative estimate of drug-likeness (QED) is 0.850. The Morgan fingerprint density at radius 1 is 1.56 bits per heavy atom. The molecule has 1 aromatic heterocycles. The molecule has 0 radical (unpaired) electrons. The largest absolute Gasteiger partial charge is 0.480 e. The zero-order valence-corrected chi connectivity index (χ0v) is 10.2. The van der Waals surface area contributed by atoms with Gasteiger partial charge in [-0.25, -0.2) is 9.59 Å². The van der Waals surface area contributed by atoms with Crippen LogP contribution in [-0.2, 0) is 11.3 Å². The number of urea groups is 1. The third-order valence-electron chi connectivity index (χ3n) is 3.01. The first-order valence-electron chi connectivity index (χ1n) is 5.90. The van der Waals surface area contributed by atoms with Crippen LogP contribution < -0.4 is 5.32 Å². The van der Waals surface area contributed by atoms with Gasteiger partial charge in [-0.1, -0.05) is 0 Å². The maximum atomic E-state index is 11.9. The Morgan fingerprint density at radius 2 is 2.33 bits per heavy atom. The monoisotopic (exact) mass is 252 g/mol. The van der Waals surface area contributed by atoms with Gasteiger partial charge in [-0.05, 0) is 31.9 Å². The summed E-state index contributed by atoms with van der Waals surface area (Å²) in [4.78, 5) is 24.2. The van der Waals surface area contributed by atoms with Crippen LogP contribution in [0, 0.1) is 6.92 Å². The van der Waals surface area contributed by atoms with Gasteiger partial charge in [0, 0.05) is 6.54 Å².